The van der Waals surface area contributed by atoms with Gasteiger partial charge in [-0.05, 0) is 24.3 Å². The van der Waals surface area contributed by atoms with E-state index in [-0.39, 0.29) is 5.91 Å². The molecule has 4 rings (SSSR count). The molecule has 0 unspecified atom stereocenters. The summed E-state index contributed by atoms with van der Waals surface area (Å²) in [4.78, 5) is 15.5. The number of rotatable bonds is 2. The number of carbonyl (C=O) groups excluding carboxylic acids is 1. The molecular formula is C17H13N3O. The topological polar surface area (TPSA) is 48.5 Å². The molecule has 0 saturated heterocycles. The van der Waals surface area contributed by atoms with E-state index in [1.54, 1.807) is 0 Å². The van der Waals surface area contributed by atoms with E-state index in [1.807, 2.05) is 60.7 Å². The van der Waals surface area contributed by atoms with Gasteiger partial charge < -0.3 is 4.98 Å². The fraction of sp³-hybridized carbons (Fsp3) is 0.0588. The van der Waals surface area contributed by atoms with Crippen LogP contribution in [0.2, 0.25) is 0 Å². The smallest absolute Gasteiger partial charge is 0.253 e. The average Bonchev–Trinajstić information content (AvgIpc) is 3.11. The van der Waals surface area contributed by atoms with E-state index in [1.165, 1.54) is 5.01 Å². The lowest BCUT2D eigenvalue weighted by Crippen LogP contribution is -2.19. The van der Waals surface area contributed by atoms with Crippen LogP contribution in [0.25, 0.3) is 10.9 Å². The third-order valence-corrected chi connectivity index (χ3v) is 3.62. The Morgan fingerprint density at radius 2 is 1.76 bits per heavy atom. The number of para-hydroxylation sites is 2. The first-order valence-corrected chi connectivity index (χ1v) is 6.85. The quantitative estimate of drug-likeness (QED) is 0.766. The third kappa shape index (κ3) is 2.01. The number of nitrogens with zero attached hydrogens (tertiary/aromatic N) is 2. The molecule has 2 aromatic carbocycles. The van der Waals surface area contributed by atoms with Gasteiger partial charge in [-0.2, -0.15) is 5.10 Å². The molecule has 102 valence electrons. The van der Waals surface area contributed by atoms with Crippen LogP contribution < -0.4 is 5.01 Å². The largest absolute Gasteiger partial charge is 0.353 e. The van der Waals surface area contributed by atoms with E-state index in [4.69, 9.17) is 0 Å². The minimum atomic E-state index is -0.00476. The predicted octanol–water partition coefficient (Wildman–Crippen LogP) is 3.31. The molecule has 0 saturated carbocycles. The Hall–Kier alpha value is -2.88. The molecule has 0 atom stereocenters. The molecule has 1 aromatic heterocycles. The molecule has 3 aromatic rings. The van der Waals surface area contributed by atoms with Gasteiger partial charge in [0, 0.05) is 10.9 Å². The number of carbonyl (C=O) groups is 1. The summed E-state index contributed by atoms with van der Waals surface area (Å²) in [6.45, 7) is 0. The molecule has 0 spiro atoms. The number of hydrogen-bond donors (Lipinski definition) is 1. The molecule has 0 radical (unpaired) electrons. The van der Waals surface area contributed by atoms with Crippen LogP contribution in [0.15, 0.2) is 65.8 Å². The van der Waals surface area contributed by atoms with Gasteiger partial charge in [0.25, 0.3) is 5.91 Å². The van der Waals surface area contributed by atoms with E-state index >= 15 is 0 Å². The number of nitrogens with one attached hydrogen (secondary N) is 1. The third-order valence-electron chi connectivity index (χ3n) is 3.62. The van der Waals surface area contributed by atoms with E-state index in [0.29, 0.717) is 6.42 Å². The molecule has 21 heavy (non-hydrogen) atoms. The van der Waals surface area contributed by atoms with Crippen molar-refractivity contribution in [3.8, 4) is 0 Å². The van der Waals surface area contributed by atoms with Gasteiger partial charge >= 0.3 is 0 Å². The number of anilines is 1. The van der Waals surface area contributed by atoms with Crippen LogP contribution in [-0.4, -0.2) is 16.6 Å². The van der Waals surface area contributed by atoms with Crippen LogP contribution in [-0.2, 0) is 4.79 Å². The summed E-state index contributed by atoms with van der Waals surface area (Å²) in [6, 6.07) is 19.6. The summed E-state index contributed by atoms with van der Waals surface area (Å²) in [5, 5.41) is 7.07. The molecule has 1 N–H and O–H groups in total. The number of fused-ring (bicyclic) bond motifs is 1. The molecule has 0 fully saturated rings. The highest BCUT2D eigenvalue weighted by Crippen LogP contribution is 2.24. The number of benzene rings is 2. The lowest BCUT2D eigenvalue weighted by Gasteiger charge is -2.10. The maximum atomic E-state index is 12.2. The van der Waals surface area contributed by atoms with Gasteiger partial charge in [0.2, 0.25) is 0 Å². The minimum absolute atomic E-state index is 0.00476. The molecule has 1 aliphatic rings. The summed E-state index contributed by atoms with van der Waals surface area (Å²) < 4.78 is 0. The SMILES string of the molecule is O=C1CC(c2cc3ccccc3[nH]2)=NN1c1ccccc1. The van der Waals surface area contributed by atoms with E-state index < -0.39 is 0 Å². The first kappa shape index (κ1) is 11.9. The summed E-state index contributed by atoms with van der Waals surface area (Å²) in [5.74, 6) is -0.00476. The van der Waals surface area contributed by atoms with Gasteiger partial charge in [-0.15, -0.1) is 0 Å². The van der Waals surface area contributed by atoms with E-state index in [2.05, 4.69) is 10.1 Å². The molecule has 2 heterocycles. The zero-order chi connectivity index (χ0) is 14.2. The van der Waals surface area contributed by atoms with Crippen LogP contribution in [0.5, 0.6) is 0 Å². The first-order chi connectivity index (χ1) is 10.3. The summed E-state index contributed by atoms with van der Waals surface area (Å²) in [5.41, 5.74) is 3.54. The fourth-order valence-electron chi connectivity index (χ4n) is 2.58. The monoisotopic (exact) mass is 275 g/mol. The second kappa shape index (κ2) is 4.59. The highest BCUT2D eigenvalue weighted by Gasteiger charge is 2.26. The zero-order valence-electron chi connectivity index (χ0n) is 11.3. The number of aromatic amines is 1. The number of amides is 1. The fourth-order valence-corrected chi connectivity index (χ4v) is 2.58. The van der Waals surface area contributed by atoms with Crippen molar-refractivity contribution in [1.29, 1.82) is 0 Å². The van der Waals surface area contributed by atoms with Crippen molar-refractivity contribution in [1.82, 2.24) is 4.98 Å². The highest BCUT2D eigenvalue weighted by atomic mass is 16.2. The molecular weight excluding hydrogens is 262 g/mol. The van der Waals surface area contributed by atoms with Crippen LogP contribution >= 0.6 is 0 Å². The van der Waals surface area contributed by atoms with Gasteiger partial charge in [0.05, 0.1) is 23.5 Å². The van der Waals surface area contributed by atoms with Gasteiger partial charge in [-0.3, -0.25) is 4.79 Å². The van der Waals surface area contributed by atoms with Crippen molar-refractivity contribution in [3.05, 3.63) is 66.4 Å². The Bertz CT molecular complexity index is 816. The summed E-state index contributed by atoms with van der Waals surface area (Å²) in [6.07, 6.45) is 0.321. The van der Waals surface area contributed by atoms with Crippen molar-refractivity contribution in [2.45, 2.75) is 6.42 Å². The molecule has 1 amide bonds. The molecule has 1 aliphatic heterocycles. The summed E-state index contributed by atoms with van der Waals surface area (Å²) in [7, 11) is 0. The standard InChI is InChI=1S/C17H13N3O/c21-17-11-16(19-20(17)13-7-2-1-3-8-13)15-10-12-6-4-5-9-14(12)18-15/h1-10,18H,11H2. The Morgan fingerprint density at radius 1 is 1.00 bits per heavy atom. The Morgan fingerprint density at radius 3 is 2.57 bits per heavy atom. The van der Waals surface area contributed by atoms with Crippen molar-refractivity contribution < 1.29 is 4.79 Å². The van der Waals surface area contributed by atoms with Gasteiger partial charge in [0.15, 0.2) is 0 Å². The number of hydrogen-bond acceptors (Lipinski definition) is 2. The van der Waals surface area contributed by atoms with Crippen LogP contribution in [0.1, 0.15) is 12.1 Å². The van der Waals surface area contributed by atoms with Crippen LogP contribution in [0, 0.1) is 0 Å². The van der Waals surface area contributed by atoms with Gasteiger partial charge in [0.1, 0.15) is 0 Å². The molecule has 0 bridgehead atoms. The van der Waals surface area contributed by atoms with E-state index in [9.17, 15) is 4.79 Å². The normalized spacial score (nSPS) is 14.8. The zero-order valence-corrected chi connectivity index (χ0v) is 11.3. The maximum Gasteiger partial charge on any atom is 0.253 e. The van der Waals surface area contributed by atoms with Crippen molar-refractivity contribution in [2.75, 3.05) is 5.01 Å². The Labute approximate surface area is 121 Å². The van der Waals surface area contributed by atoms with Crippen molar-refractivity contribution >= 4 is 28.2 Å². The summed E-state index contributed by atoms with van der Waals surface area (Å²) >= 11 is 0. The molecule has 4 heteroatoms. The van der Waals surface area contributed by atoms with Gasteiger partial charge in [-0.25, -0.2) is 5.01 Å². The Kier molecular flexibility index (Phi) is 2.60. The molecule has 4 nitrogen and oxygen atoms in total. The van der Waals surface area contributed by atoms with E-state index in [0.717, 1.165) is 28.0 Å². The predicted molar refractivity (Wildman–Crippen MR) is 83.4 cm³/mol. The second-order valence-electron chi connectivity index (χ2n) is 5.03. The maximum absolute atomic E-state index is 12.2. The first-order valence-electron chi connectivity index (χ1n) is 6.85. The lowest BCUT2D eigenvalue weighted by atomic mass is 10.2. The van der Waals surface area contributed by atoms with Crippen LogP contribution in [0.3, 0.4) is 0 Å². The number of H-pyrrole nitrogens is 1. The van der Waals surface area contributed by atoms with Gasteiger partial charge in [-0.1, -0.05) is 36.4 Å². The highest BCUT2D eigenvalue weighted by molar-refractivity contribution is 6.19. The minimum Gasteiger partial charge on any atom is -0.353 e. The average molecular weight is 275 g/mol. The second-order valence-corrected chi connectivity index (χ2v) is 5.03. The van der Waals surface area contributed by atoms with Crippen molar-refractivity contribution in [3.63, 3.8) is 0 Å². The number of aromatic nitrogens is 1. The lowest BCUT2D eigenvalue weighted by molar-refractivity contribution is -0.116. The van der Waals surface area contributed by atoms with Crippen molar-refractivity contribution in [2.24, 2.45) is 5.10 Å². The Balaban J connectivity index is 1.74. The molecule has 0 aliphatic carbocycles. The number of hydrazone groups is 1. The van der Waals surface area contributed by atoms with Crippen LogP contribution in [0.4, 0.5) is 5.69 Å².